The number of aromatic hydroxyl groups is 1. The van der Waals surface area contributed by atoms with Gasteiger partial charge < -0.3 is 14.1 Å². The lowest BCUT2D eigenvalue weighted by atomic mass is 9.98. The molecule has 5 heteroatoms. The van der Waals surface area contributed by atoms with Crippen LogP contribution in [0.1, 0.15) is 22.9 Å². The van der Waals surface area contributed by atoms with Crippen molar-refractivity contribution >= 4 is 11.0 Å². The summed E-state index contributed by atoms with van der Waals surface area (Å²) in [6.07, 6.45) is 2.12. The number of benzene rings is 2. The summed E-state index contributed by atoms with van der Waals surface area (Å²) in [6.45, 7) is 2.41. The summed E-state index contributed by atoms with van der Waals surface area (Å²) < 4.78 is 7.58. The van der Waals surface area contributed by atoms with Crippen molar-refractivity contribution in [1.82, 2.24) is 9.47 Å². The van der Waals surface area contributed by atoms with E-state index in [9.17, 15) is 9.90 Å². The van der Waals surface area contributed by atoms with Gasteiger partial charge in [0.2, 0.25) is 0 Å². The molecule has 2 aromatic heterocycles. The van der Waals surface area contributed by atoms with E-state index < -0.39 is 5.63 Å². The van der Waals surface area contributed by atoms with Crippen LogP contribution in [0, 0.1) is 0 Å². The van der Waals surface area contributed by atoms with Crippen molar-refractivity contribution in [2.75, 3.05) is 6.54 Å². The SMILES string of the molecule is O=c1cc(CN2CCn3cccc3C2c2ccccc2)c2ccc(O)cc2o1. The van der Waals surface area contributed by atoms with Crippen molar-refractivity contribution in [3.8, 4) is 5.75 Å². The Kier molecular flexibility index (Phi) is 4.02. The smallest absolute Gasteiger partial charge is 0.336 e. The van der Waals surface area contributed by atoms with Gasteiger partial charge in [0.1, 0.15) is 11.3 Å². The number of phenols is 1. The molecule has 1 N–H and O–H groups in total. The predicted molar refractivity (Wildman–Crippen MR) is 107 cm³/mol. The minimum atomic E-state index is -0.398. The second-order valence-corrected chi connectivity index (χ2v) is 7.18. The van der Waals surface area contributed by atoms with Gasteiger partial charge in [0.15, 0.2) is 0 Å². The van der Waals surface area contributed by atoms with Crippen molar-refractivity contribution in [3.63, 3.8) is 0 Å². The third-order valence-corrected chi connectivity index (χ3v) is 5.44. The van der Waals surface area contributed by atoms with Gasteiger partial charge in [0.25, 0.3) is 0 Å². The second-order valence-electron chi connectivity index (χ2n) is 7.18. The summed E-state index contributed by atoms with van der Waals surface area (Å²) in [5.74, 6) is 0.0887. The van der Waals surface area contributed by atoms with Crippen molar-refractivity contribution in [3.05, 3.63) is 100 Å². The van der Waals surface area contributed by atoms with Gasteiger partial charge >= 0.3 is 5.63 Å². The van der Waals surface area contributed by atoms with Gasteiger partial charge in [-0.2, -0.15) is 0 Å². The largest absolute Gasteiger partial charge is 0.508 e. The third-order valence-electron chi connectivity index (χ3n) is 5.44. The van der Waals surface area contributed by atoms with Gasteiger partial charge in [-0.1, -0.05) is 30.3 Å². The Balaban J connectivity index is 1.60. The second kappa shape index (κ2) is 6.69. The molecule has 3 heterocycles. The number of fused-ring (bicyclic) bond motifs is 2. The van der Waals surface area contributed by atoms with E-state index in [0.717, 1.165) is 24.0 Å². The quantitative estimate of drug-likeness (QED) is 0.554. The molecule has 0 saturated heterocycles. The first-order valence-corrected chi connectivity index (χ1v) is 9.39. The fraction of sp³-hybridized carbons (Fsp3) is 0.174. The maximum absolute atomic E-state index is 12.1. The molecule has 0 aliphatic carbocycles. The lowest BCUT2D eigenvalue weighted by Gasteiger charge is -2.37. The fourth-order valence-corrected chi connectivity index (χ4v) is 4.19. The summed E-state index contributed by atoms with van der Waals surface area (Å²) in [5.41, 5.74) is 3.41. The molecular weight excluding hydrogens is 352 g/mol. The zero-order valence-electron chi connectivity index (χ0n) is 15.3. The Morgan fingerprint density at radius 1 is 1.00 bits per heavy atom. The highest BCUT2D eigenvalue weighted by Crippen LogP contribution is 2.34. The summed E-state index contributed by atoms with van der Waals surface area (Å²) in [6, 6.07) is 21.3. The first-order valence-electron chi connectivity index (χ1n) is 9.39. The number of hydrogen-bond acceptors (Lipinski definition) is 4. The zero-order chi connectivity index (χ0) is 19.1. The van der Waals surface area contributed by atoms with E-state index in [-0.39, 0.29) is 11.8 Å². The number of aromatic nitrogens is 1. The summed E-state index contributed by atoms with van der Waals surface area (Å²) in [5, 5.41) is 10.6. The maximum Gasteiger partial charge on any atom is 0.336 e. The summed E-state index contributed by atoms with van der Waals surface area (Å²) >= 11 is 0. The molecule has 28 heavy (non-hydrogen) atoms. The van der Waals surface area contributed by atoms with Crippen LogP contribution < -0.4 is 5.63 Å². The van der Waals surface area contributed by atoms with E-state index in [1.54, 1.807) is 12.1 Å². The third kappa shape index (κ3) is 2.90. The number of phenolic OH excluding ortho intramolecular Hbond substituents is 1. The fourth-order valence-electron chi connectivity index (χ4n) is 4.19. The number of hydrogen-bond donors (Lipinski definition) is 1. The van der Waals surface area contributed by atoms with Crippen LogP contribution in [0.15, 0.2) is 82.1 Å². The molecule has 0 radical (unpaired) electrons. The molecule has 0 bridgehead atoms. The van der Waals surface area contributed by atoms with E-state index in [4.69, 9.17) is 4.42 Å². The topological polar surface area (TPSA) is 58.6 Å². The minimum absolute atomic E-state index is 0.0887. The van der Waals surface area contributed by atoms with Crippen molar-refractivity contribution < 1.29 is 9.52 Å². The molecule has 1 aliphatic rings. The van der Waals surface area contributed by atoms with Crippen LogP contribution in [-0.4, -0.2) is 21.1 Å². The molecule has 0 fully saturated rings. The van der Waals surface area contributed by atoms with Crippen molar-refractivity contribution in [2.45, 2.75) is 19.1 Å². The Hall–Kier alpha value is -3.31. The molecule has 2 aromatic carbocycles. The van der Waals surface area contributed by atoms with Crippen LogP contribution in [0.2, 0.25) is 0 Å². The molecule has 1 aliphatic heterocycles. The van der Waals surface area contributed by atoms with Gasteiger partial charge in [-0.05, 0) is 35.4 Å². The average Bonchev–Trinajstić information content (AvgIpc) is 3.16. The van der Waals surface area contributed by atoms with Crippen LogP contribution >= 0.6 is 0 Å². The van der Waals surface area contributed by atoms with E-state index in [1.807, 2.05) is 12.1 Å². The lowest BCUT2D eigenvalue weighted by Crippen LogP contribution is -2.38. The predicted octanol–water partition coefficient (Wildman–Crippen LogP) is 3.91. The van der Waals surface area contributed by atoms with Gasteiger partial charge in [-0.3, -0.25) is 4.90 Å². The first-order chi connectivity index (χ1) is 13.7. The van der Waals surface area contributed by atoms with Gasteiger partial charge in [-0.25, -0.2) is 4.79 Å². The number of nitrogens with zero attached hydrogens (tertiary/aromatic N) is 2. The maximum atomic E-state index is 12.1. The van der Waals surface area contributed by atoms with Crippen LogP contribution in [0.3, 0.4) is 0 Å². The van der Waals surface area contributed by atoms with E-state index in [2.05, 4.69) is 52.1 Å². The first kappa shape index (κ1) is 16.8. The Morgan fingerprint density at radius 2 is 1.86 bits per heavy atom. The van der Waals surface area contributed by atoms with Crippen molar-refractivity contribution in [2.24, 2.45) is 0 Å². The van der Waals surface area contributed by atoms with Crippen LogP contribution in [-0.2, 0) is 13.1 Å². The highest BCUT2D eigenvalue weighted by Gasteiger charge is 2.29. The highest BCUT2D eigenvalue weighted by molar-refractivity contribution is 5.81. The molecule has 0 amide bonds. The van der Waals surface area contributed by atoms with E-state index in [1.165, 1.54) is 17.3 Å². The van der Waals surface area contributed by atoms with E-state index >= 15 is 0 Å². The summed E-state index contributed by atoms with van der Waals surface area (Å²) in [7, 11) is 0. The Morgan fingerprint density at radius 3 is 2.71 bits per heavy atom. The Labute approximate surface area is 162 Å². The zero-order valence-corrected chi connectivity index (χ0v) is 15.3. The molecule has 140 valence electrons. The molecular formula is C23H20N2O3. The van der Waals surface area contributed by atoms with Gasteiger partial charge in [-0.15, -0.1) is 0 Å². The lowest BCUT2D eigenvalue weighted by molar-refractivity contribution is 0.175. The minimum Gasteiger partial charge on any atom is -0.508 e. The molecule has 1 unspecified atom stereocenters. The molecule has 5 nitrogen and oxygen atoms in total. The Bertz CT molecular complexity index is 1190. The monoisotopic (exact) mass is 372 g/mol. The van der Waals surface area contributed by atoms with Crippen LogP contribution in [0.5, 0.6) is 5.75 Å². The normalized spacial score (nSPS) is 16.9. The molecule has 0 saturated carbocycles. The highest BCUT2D eigenvalue weighted by atomic mass is 16.4. The van der Waals surface area contributed by atoms with Crippen LogP contribution in [0.4, 0.5) is 0 Å². The van der Waals surface area contributed by atoms with Gasteiger partial charge in [0.05, 0.1) is 6.04 Å². The molecule has 1 atom stereocenters. The van der Waals surface area contributed by atoms with Crippen molar-refractivity contribution in [1.29, 1.82) is 0 Å². The average molecular weight is 372 g/mol. The summed E-state index contributed by atoms with van der Waals surface area (Å²) in [4.78, 5) is 14.5. The molecule has 4 aromatic rings. The standard InChI is InChI=1S/C23H20N2O3/c26-18-8-9-19-17(13-22(27)28-21(19)14-18)15-25-12-11-24-10-4-7-20(24)23(25)16-5-2-1-3-6-16/h1-10,13-14,23,26H,11-12,15H2. The number of rotatable bonds is 3. The molecule has 0 spiro atoms. The van der Waals surface area contributed by atoms with E-state index in [0.29, 0.717) is 12.1 Å². The van der Waals surface area contributed by atoms with Crippen LogP contribution in [0.25, 0.3) is 11.0 Å². The molecule has 5 rings (SSSR count). The van der Waals surface area contributed by atoms with Gasteiger partial charge in [0, 0.05) is 49.0 Å².